The van der Waals surface area contributed by atoms with E-state index < -0.39 is 28.9 Å². The van der Waals surface area contributed by atoms with Crippen LogP contribution in [0.2, 0.25) is 0 Å². The largest absolute Gasteiger partial charge is 2.00 e. The van der Waals surface area contributed by atoms with Gasteiger partial charge in [-0.15, -0.1) is 0 Å². The Morgan fingerprint density at radius 3 is 2.43 bits per heavy atom. The van der Waals surface area contributed by atoms with Crippen molar-refractivity contribution in [2.45, 2.75) is 57.7 Å². The number of para-hydroxylation sites is 1. The van der Waals surface area contributed by atoms with Crippen molar-refractivity contribution >= 4 is 34.9 Å². The molecule has 1 unspecified atom stereocenters. The predicted molar refractivity (Wildman–Crippen MR) is 156 cm³/mol. The molecule has 1 aliphatic rings. The second kappa shape index (κ2) is 15.9. The van der Waals surface area contributed by atoms with E-state index in [-0.39, 0.29) is 53.9 Å². The average molecular weight is 643 g/mol. The topological polar surface area (TPSA) is 168 Å². The number of hydrogen-bond donors (Lipinski definition) is 1. The number of aryl methyl sites for hydroxylation is 1. The Balaban J connectivity index is 0.00000529. The van der Waals surface area contributed by atoms with E-state index in [0.29, 0.717) is 41.1 Å². The number of carbonyl (C=O) groups excluding carboxylic acids is 3. The summed E-state index contributed by atoms with van der Waals surface area (Å²) in [6, 6.07) is 18.9. The van der Waals surface area contributed by atoms with E-state index in [0.717, 1.165) is 12.0 Å². The number of carboxylic acids is 2. The molecule has 1 aliphatic heterocycles. The molecule has 11 nitrogen and oxygen atoms in total. The van der Waals surface area contributed by atoms with Gasteiger partial charge >= 0.3 is 16.5 Å². The third-order valence-electron chi connectivity index (χ3n) is 7.38. The molecule has 0 saturated carbocycles. The summed E-state index contributed by atoms with van der Waals surface area (Å²) in [5, 5.41) is 37.5. The van der Waals surface area contributed by atoms with E-state index in [1.165, 1.54) is 6.07 Å². The summed E-state index contributed by atoms with van der Waals surface area (Å²) in [6.07, 6.45) is 0.980. The number of amides is 1. The van der Waals surface area contributed by atoms with Crippen molar-refractivity contribution in [3.63, 3.8) is 0 Å². The first-order valence-corrected chi connectivity index (χ1v) is 14.1. The Bertz CT molecular complexity index is 1530. The quantitative estimate of drug-likeness (QED) is 0.128. The Morgan fingerprint density at radius 1 is 1.05 bits per heavy atom. The minimum Gasteiger partial charge on any atom is -0.550 e. The zero-order valence-corrected chi connectivity index (χ0v) is 25.0. The third kappa shape index (κ3) is 8.81. The predicted octanol–water partition coefficient (Wildman–Crippen LogP) is 2.38. The number of aliphatic carboxylic acids is 2. The fourth-order valence-corrected chi connectivity index (χ4v) is 5.26. The number of anilines is 1. The molecule has 0 spiro atoms. The van der Waals surface area contributed by atoms with Gasteiger partial charge in [-0.2, -0.15) is 0 Å². The SMILES string of the molecule is Cc1ccc(NC(=O)C2CCCN2Cc2ccccc2[N+](=O)[O-])c(C(=N[C@H](CCCC(=O)[O-])C(=O)[O-])c2ccccc2)c1.[Ni+2]. The van der Waals surface area contributed by atoms with Crippen LogP contribution in [0.15, 0.2) is 77.8 Å². The maximum atomic E-state index is 13.7. The first-order chi connectivity index (χ1) is 20.6. The summed E-state index contributed by atoms with van der Waals surface area (Å²) >= 11 is 0. The van der Waals surface area contributed by atoms with E-state index in [9.17, 15) is 34.7 Å². The molecular weight excluding hydrogens is 611 g/mol. The van der Waals surface area contributed by atoms with Crippen LogP contribution in [0, 0.1) is 17.0 Å². The summed E-state index contributed by atoms with van der Waals surface area (Å²) in [7, 11) is 0. The van der Waals surface area contributed by atoms with Crippen molar-refractivity contribution in [2.24, 2.45) is 4.99 Å². The number of nitro benzene ring substituents is 1. The van der Waals surface area contributed by atoms with Crippen LogP contribution in [0.25, 0.3) is 0 Å². The Morgan fingerprint density at radius 2 is 1.75 bits per heavy atom. The molecule has 3 aromatic carbocycles. The maximum Gasteiger partial charge on any atom is 2.00 e. The molecule has 12 heteroatoms. The molecule has 232 valence electrons. The van der Waals surface area contributed by atoms with Gasteiger partial charge in [-0.05, 0) is 57.7 Å². The van der Waals surface area contributed by atoms with Gasteiger partial charge in [-0.25, -0.2) is 0 Å². The van der Waals surface area contributed by atoms with Crippen LogP contribution in [-0.2, 0) is 37.4 Å². The van der Waals surface area contributed by atoms with Gasteiger partial charge < -0.3 is 25.1 Å². The Hall–Kier alpha value is -4.41. The van der Waals surface area contributed by atoms with Crippen molar-refractivity contribution in [3.8, 4) is 0 Å². The van der Waals surface area contributed by atoms with Crippen LogP contribution in [0.1, 0.15) is 54.4 Å². The molecule has 0 aromatic heterocycles. The minimum atomic E-state index is -1.44. The number of nitrogens with one attached hydrogen (secondary N) is 1. The molecule has 3 aromatic rings. The number of carboxylic acid groups (broad SMARTS) is 2. The summed E-state index contributed by atoms with van der Waals surface area (Å²) in [5.74, 6) is -3.02. The van der Waals surface area contributed by atoms with Crippen LogP contribution in [0.5, 0.6) is 0 Å². The summed E-state index contributed by atoms with van der Waals surface area (Å²) in [4.78, 5) is 54.2. The molecule has 44 heavy (non-hydrogen) atoms. The Labute approximate surface area is 265 Å². The molecule has 1 fully saturated rings. The number of aliphatic imine (C=N–C) groups is 1. The summed E-state index contributed by atoms with van der Waals surface area (Å²) < 4.78 is 0. The molecule has 4 rings (SSSR count). The van der Waals surface area contributed by atoms with Crippen LogP contribution >= 0.6 is 0 Å². The van der Waals surface area contributed by atoms with E-state index >= 15 is 0 Å². The number of benzene rings is 3. The van der Waals surface area contributed by atoms with Gasteiger partial charge in [0, 0.05) is 35.3 Å². The van der Waals surface area contributed by atoms with Crippen LogP contribution in [0.3, 0.4) is 0 Å². The van der Waals surface area contributed by atoms with Crippen molar-refractivity contribution < 1.29 is 46.0 Å². The van der Waals surface area contributed by atoms with Crippen LogP contribution < -0.4 is 15.5 Å². The monoisotopic (exact) mass is 642 g/mol. The van der Waals surface area contributed by atoms with E-state index in [4.69, 9.17) is 0 Å². The second-order valence-corrected chi connectivity index (χ2v) is 10.5. The molecule has 0 radical (unpaired) electrons. The number of carbonyl (C=O) groups is 3. The van der Waals surface area contributed by atoms with Crippen molar-refractivity contribution in [1.82, 2.24) is 4.90 Å². The molecule has 1 N–H and O–H groups in total. The number of rotatable bonds is 13. The van der Waals surface area contributed by atoms with Crippen LogP contribution in [0.4, 0.5) is 11.4 Å². The zero-order chi connectivity index (χ0) is 30.9. The fourth-order valence-electron chi connectivity index (χ4n) is 5.26. The molecule has 2 atom stereocenters. The van der Waals surface area contributed by atoms with E-state index in [1.807, 2.05) is 24.0 Å². The molecule has 1 heterocycles. The molecule has 1 saturated heterocycles. The van der Waals surface area contributed by atoms with Crippen LogP contribution in [-0.4, -0.2) is 52.0 Å². The third-order valence-corrected chi connectivity index (χ3v) is 7.38. The van der Waals surface area contributed by atoms with Crippen molar-refractivity contribution in [1.29, 1.82) is 0 Å². The first-order valence-electron chi connectivity index (χ1n) is 14.1. The number of nitro groups is 1. The normalized spacial score (nSPS) is 15.7. The summed E-state index contributed by atoms with van der Waals surface area (Å²) in [6.45, 7) is 2.70. The average Bonchev–Trinajstić information content (AvgIpc) is 3.44. The van der Waals surface area contributed by atoms with Gasteiger partial charge in [-0.1, -0.05) is 60.2 Å². The van der Waals surface area contributed by atoms with Gasteiger partial charge in [-0.3, -0.25) is 24.8 Å². The van der Waals surface area contributed by atoms with Gasteiger partial charge in [0.1, 0.15) is 0 Å². The Kier molecular flexibility index (Phi) is 12.3. The fraction of sp³-hybridized carbons (Fsp3) is 0.312. The standard InChI is InChI=1S/C32H34N4O7.Ni/c1-21-16-17-25(34-31(39)28-14-8-18-35(28)20-23-11-5-6-13-27(23)36(42)43)24(19-21)30(22-9-3-2-4-10-22)33-26(32(40)41)12-7-15-29(37)38;/h2-6,9-11,13,16-17,19,26,28H,7-8,12,14-15,18,20H2,1H3,(H,34,39)(H,37,38)(H,40,41);/q;+2/p-2/t26-,28?;/m1./s1. The number of nitrogens with zero attached hydrogens (tertiary/aromatic N) is 3. The van der Waals surface area contributed by atoms with Gasteiger partial charge in [0.2, 0.25) is 5.91 Å². The maximum absolute atomic E-state index is 13.7. The van der Waals surface area contributed by atoms with Crippen molar-refractivity contribution in [3.05, 3.63) is 105 Å². The van der Waals surface area contributed by atoms with E-state index in [2.05, 4.69) is 10.3 Å². The minimum absolute atomic E-state index is 0. The molecule has 1 amide bonds. The van der Waals surface area contributed by atoms with Gasteiger partial charge in [0.05, 0.1) is 34.4 Å². The molecule has 0 bridgehead atoms. The molecule has 0 aliphatic carbocycles. The van der Waals surface area contributed by atoms with Crippen molar-refractivity contribution in [2.75, 3.05) is 11.9 Å². The zero-order valence-electron chi connectivity index (χ0n) is 24.0. The molecular formula is C32H32N4NiO7. The van der Waals surface area contributed by atoms with Gasteiger partial charge in [0.15, 0.2) is 0 Å². The first kappa shape index (κ1) is 34.1. The number of likely N-dealkylation sites (tertiary alicyclic amines) is 1. The second-order valence-electron chi connectivity index (χ2n) is 10.5. The van der Waals surface area contributed by atoms with E-state index in [1.54, 1.807) is 54.6 Å². The smallest absolute Gasteiger partial charge is 0.550 e. The number of hydrogen-bond acceptors (Lipinski definition) is 9. The van der Waals surface area contributed by atoms with Gasteiger partial charge in [0.25, 0.3) is 5.69 Å². The summed E-state index contributed by atoms with van der Waals surface area (Å²) in [5.41, 5.74) is 3.20.